The van der Waals surface area contributed by atoms with Gasteiger partial charge in [0.05, 0.1) is 6.04 Å². The molecule has 1 heterocycles. The topological polar surface area (TPSA) is 32.3 Å². The van der Waals surface area contributed by atoms with E-state index in [0.29, 0.717) is 6.04 Å². The molecule has 0 radical (unpaired) electrons. The summed E-state index contributed by atoms with van der Waals surface area (Å²) in [5.74, 6) is 0.235. The van der Waals surface area contributed by atoms with E-state index in [-0.39, 0.29) is 11.9 Å². The molecule has 3 nitrogen and oxygen atoms in total. The van der Waals surface area contributed by atoms with Crippen molar-refractivity contribution in [3.63, 3.8) is 0 Å². The SMILES string of the molecule is CC(C)NC1CCN(C)C1=O. The molecule has 0 aromatic rings. The summed E-state index contributed by atoms with van der Waals surface area (Å²) >= 11 is 0. The molecule has 1 fully saturated rings. The van der Waals surface area contributed by atoms with Crippen molar-refractivity contribution >= 4 is 5.91 Å². The molecule has 0 aromatic carbocycles. The van der Waals surface area contributed by atoms with Crippen molar-refractivity contribution in [2.24, 2.45) is 0 Å². The second-order valence-corrected chi connectivity index (χ2v) is 3.42. The number of amides is 1. The zero-order valence-electron chi connectivity index (χ0n) is 7.42. The van der Waals surface area contributed by atoms with Gasteiger partial charge in [0.1, 0.15) is 0 Å². The van der Waals surface area contributed by atoms with E-state index in [1.54, 1.807) is 4.90 Å². The summed E-state index contributed by atoms with van der Waals surface area (Å²) in [6.07, 6.45) is 0.952. The summed E-state index contributed by atoms with van der Waals surface area (Å²) in [7, 11) is 1.85. The molecule has 1 saturated heterocycles. The van der Waals surface area contributed by atoms with E-state index in [1.165, 1.54) is 0 Å². The van der Waals surface area contributed by atoms with Crippen LogP contribution in [-0.4, -0.2) is 36.5 Å². The highest BCUT2D eigenvalue weighted by molar-refractivity contribution is 5.83. The van der Waals surface area contributed by atoms with Crippen LogP contribution < -0.4 is 5.32 Å². The molecule has 0 bridgehead atoms. The van der Waals surface area contributed by atoms with E-state index in [1.807, 2.05) is 7.05 Å². The molecule has 1 amide bonds. The second-order valence-electron chi connectivity index (χ2n) is 3.42. The summed E-state index contributed by atoms with van der Waals surface area (Å²) in [6.45, 7) is 5.01. The van der Waals surface area contributed by atoms with Crippen LogP contribution in [0.2, 0.25) is 0 Å². The second kappa shape index (κ2) is 3.22. The number of likely N-dealkylation sites (N-methyl/N-ethyl adjacent to an activating group) is 1. The molecule has 1 N–H and O–H groups in total. The lowest BCUT2D eigenvalue weighted by Gasteiger charge is -2.14. The van der Waals surface area contributed by atoms with Gasteiger partial charge in [-0.2, -0.15) is 0 Å². The van der Waals surface area contributed by atoms with Crippen LogP contribution in [0.25, 0.3) is 0 Å². The van der Waals surface area contributed by atoms with E-state index in [9.17, 15) is 4.79 Å². The zero-order valence-corrected chi connectivity index (χ0v) is 7.42. The van der Waals surface area contributed by atoms with Crippen LogP contribution in [0.1, 0.15) is 20.3 Å². The molecule has 64 valence electrons. The molecule has 1 aliphatic rings. The van der Waals surface area contributed by atoms with E-state index in [2.05, 4.69) is 19.2 Å². The number of nitrogens with zero attached hydrogens (tertiary/aromatic N) is 1. The monoisotopic (exact) mass is 156 g/mol. The fraction of sp³-hybridized carbons (Fsp3) is 0.875. The quantitative estimate of drug-likeness (QED) is 0.620. The van der Waals surface area contributed by atoms with Gasteiger partial charge in [-0.05, 0) is 6.42 Å². The average molecular weight is 156 g/mol. The van der Waals surface area contributed by atoms with Crippen LogP contribution in [0, 0.1) is 0 Å². The van der Waals surface area contributed by atoms with Crippen molar-refractivity contribution in [2.45, 2.75) is 32.4 Å². The Bertz CT molecular complexity index is 156. The zero-order chi connectivity index (χ0) is 8.43. The Hall–Kier alpha value is -0.570. The van der Waals surface area contributed by atoms with Gasteiger partial charge in [-0.15, -0.1) is 0 Å². The third kappa shape index (κ3) is 1.93. The third-order valence-electron chi connectivity index (χ3n) is 1.96. The molecule has 1 atom stereocenters. The summed E-state index contributed by atoms with van der Waals surface area (Å²) in [5.41, 5.74) is 0. The van der Waals surface area contributed by atoms with Gasteiger partial charge in [0.15, 0.2) is 0 Å². The lowest BCUT2D eigenvalue weighted by atomic mass is 10.2. The first-order valence-corrected chi connectivity index (χ1v) is 4.12. The van der Waals surface area contributed by atoms with Gasteiger partial charge < -0.3 is 10.2 Å². The molecular weight excluding hydrogens is 140 g/mol. The van der Waals surface area contributed by atoms with Crippen LogP contribution >= 0.6 is 0 Å². The molecular formula is C8H16N2O. The number of likely N-dealkylation sites (tertiary alicyclic amines) is 1. The van der Waals surface area contributed by atoms with Crippen molar-refractivity contribution in [1.82, 2.24) is 10.2 Å². The van der Waals surface area contributed by atoms with E-state index >= 15 is 0 Å². The van der Waals surface area contributed by atoms with E-state index < -0.39 is 0 Å². The molecule has 3 heteroatoms. The van der Waals surface area contributed by atoms with Gasteiger partial charge in [-0.25, -0.2) is 0 Å². The summed E-state index contributed by atoms with van der Waals surface area (Å²) in [4.78, 5) is 13.1. The maximum Gasteiger partial charge on any atom is 0.239 e. The Morgan fingerprint density at radius 2 is 2.27 bits per heavy atom. The van der Waals surface area contributed by atoms with Gasteiger partial charge in [0.25, 0.3) is 0 Å². The van der Waals surface area contributed by atoms with Crippen LogP contribution in [0.5, 0.6) is 0 Å². The average Bonchev–Trinajstić information content (AvgIpc) is 2.18. The molecule has 1 aliphatic heterocycles. The van der Waals surface area contributed by atoms with E-state index in [0.717, 1.165) is 13.0 Å². The van der Waals surface area contributed by atoms with E-state index in [4.69, 9.17) is 0 Å². The van der Waals surface area contributed by atoms with Gasteiger partial charge in [-0.3, -0.25) is 4.79 Å². The summed E-state index contributed by atoms with van der Waals surface area (Å²) in [6, 6.07) is 0.468. The smallest absolute Gasteiger partial charge is 0.239 e. The highest BCUT2D eigenvalue weighted by atomic mass is 16.2. The fourth-order valence-corrected chi connectivity index (χ4v) is 1.38. The van der Waals surface area contributed by atoms with Crippen LogP contribution in [0.3, 0.4) is 0 Å². The number of carbonyl (C=O) groups excluding carboxylic acids is 1. The Morgan fingerprint density at radius 1 is 1.64 bits per heavy atom. The molecule has 0 aromatic heterocycles. The maximum atomic E-state index is 11.3. The molecule has 1 unspecified atom stereocenters. The van der Waals surface area contributed by atoms with Crippen molar-refractivity contribution in [3.8, 4) is 0 Å². The van der Waals surface area contributed by atoms with Gasteiger partial charge in [-0.1, -0.05) is 13.8 Å². The van der Waals surface area contributed by atoms with Gasteiger partial charge >= 0.3 is 0 Å². The lowest BCUT2D eigenvalue weighted by molar-refractivity contribution is -0.128. The van der Waals surface area contributed by atoms with Crippen molar-refractivity contribution < 1.29 is 4.79 Å². The first-order valence-electron chi connectivity index (χ1n) is 4.12. The maximum absolute atomic E-state index is 11.3. The van der Waals surface area contributed by atoms with Crippen LogP contribution in [0.15, 0.2) is 0 Å². The molecule has 0 saturated carbocycles. The highest BCUT2D eigenvalue weighted by Gasteiger charge is 2.28. The normalized spacial score (nSPS) is 25.3. The van der Waals surface area contributed by atoms with Gasteiger partial charge in [0.2, 0.25) is 5.91 Å². The number of rotatable bonds is 2. The summed E-state index contributed by atoms with van der Waals surface area (Å²) in [5, 5.41) is 3.23. The Kier molecular flexibility index (Phi) is 2.49. The minimum Gasteiger partial charge on any atom is -0.344 e. The first kappa shape index (κ1) is 8.53. The minimum atomic E-state index is 0.0694. The van der Waals surface area contributed by atoms with Crippen LogP contribution in [0.4, 0.5) is 0 Å². The predicted molar refractivity (Wildman–Crippen MR) is 44.3 cm³/mol. The van der Waals surface area contributed by atoms with Gasteiger partial charge in [0, 0.05) is 19.6 Å². The standard InChI is InChI=1S/C8H16N2O/c1-6(2)9-7-4-5-10(3)8(7)11/h6-7,9H,4-5H2,1-3H3. The highest BCUT2D eigenvalue weighted by Crippen LogP contribution is 2.08. The Balaban J connectivity index is 2.42. The number of hydrogen-bond donors (Lipinski definition) is 1. The van der Waals surface area contributed by atoms with Crippen molar-refractivity contribution in [2.75, 3.05) is 13.6 Å². The first-order chi connectivity index (χ1) is 5.11. The number of nitrogens with one attached hydrogen (secondary N) is 1. The lowest BCUT2D eigenvalue weighted by Crippen LogP contribution is -2.40. The summed E-state index contributed by atoms with van der Waals surface area (Å²) < 4.78 is 0. The molecule has 0 aliphatic carbocycles. The fourth-order valence-electron chi connectivity index (χ4n) is 1.38. The number of hydrogen-bond acceptors (Lipinski definition) is 2. The minimum absolute atomic E-state index is 0.0694. The third-order valence-corrected chi connectivity index (χ3v) is 1.96. The van der Waals surface area contributed by atoms with Crippen molar-refractivity contribution in [3.05, 3.63) is 0 Å². The molecule has 0 spiro atoms. The van der Waals surface area contributed by atoms with Crippen LogP contribution in [-0.2, 0) is 4.79 Å². The predicted octanol–water partition coefficient (Wildman–Crippen LogP) is 0.215. The van der Waals surface area contributed by atoms with Crippen molar-refractivity contribution in [1.29, 1.82) is 0 Å². The number of carbonyl (C=O) groups is 1. The molecule has 1 rings (SSSR count). The Labute approximate surface area is 67.8 Å². The molecule has 11 heavy (non-hydrogen) atoms. The largest absolute Gasteiger partial charge is 0.344 e. The Morgan fingerprint density at radius 3 is 2.64 bits per heavy atom.